The number of nitrogen functional groups attached to an aromatic ring is 1. The Morgan fingerprint density at radius 1 is 1.24 bits per heavy atom. The molecule has 21 heavy (non-hydrogen) atoms. The lowest BCUT2D eigenvalue weighted by Gasteiger charge is -2.26. The molecule has 2 aliphatic rings. The first-order valence-electron chi connectivity index (χ1n) is 7.75. The molecule has 2 heterocycles. The lowest BCUT2D eigenvalue weighted by molar-refractivity contribution is 0.0378. The van der Waals surface area contributed by atoms with E-state index in [4.69, 9.17) is 10.6 Å². The second-order valence-corrected chi connectivity index (χ2v) is 5.65. The molecule has 116 valence electrons. The monoisotopic (exact) mass is 292 g/mol. The van der Waals surface area contributed by atoms with Gasteiger partial charge >= 0.3 is 0 Å². The Morgan fingerprint density at radius 2 is 2.00 bits per heavy atom. The van der Waals surface area contributed by atoms with Crippen LogP contribution in [0.15, 0.2) is 6.07 Å². The van der Waals surface area contributed by atoms with Crippen molar-refractivity contribution in [3.8, 4) is 0 Å². The lowest BCUT2D eigenvalue weighted by atomic mass is 10.3. The van der Waals surface area contributed by atoms with E-state index in [1.54, 1.807) is 0 Å². The number of hydrogen-bond donors (Lipinski definition) is 3. The van der Waals surface area contributed by atoms with E-state index < -0.39 is 0 Å². The second-order valence-electron chi connectivity index (χ2n) is 5.65. The third kappa shape index (κ3) is 4.26. The number of hydrazine groups is 1. The molecule has 1 aromatic heterocycles. The normalized spacial score (nSPS) is 19.5. The maximum absolute atomic E-state index is 5.47. The van der Waals surface area contributed by atoms with Crippen molar-refractivity contribution < 1.29 is 4.74 Å². The van der Waals surface area contributed by atoms with E-state index in [0.717, 1.165) is 57.5 Å². The highest BCUT2D eigenvalue weighted by Gasteiger charge is 2.27. The minimum absolute atomic E-state index is 0.521. The number of anilines is 2. The molecule has 0 atom stereocenters. The summed E-state index contributed by atoms with van der Waals surface area (Å²) in [5, 5.41) is 3.38. The fourth-order valence-electron chi connectivity index (χ4n) is 2.50. The van der Waals surface area contributed by atoms with Crippen LogP contribution in [0.4, 0.5) is 11.6 Å². The average molecular weight is 292 g/mol. The number of nitrogens with two attached hydrogens (primary N) is 1. The summed E-state index contributed by atoms with van der Waals surface area (Å²) in [4.78, 5) is 11.4. The molecule has 0 spiro atoms. The summed E-state index contributed by atoms with van der Waals surface area (Å²) < 4.78 is 5.35. The van der Waals surface area contributed by atoms with Crippen LogP contribution >= 0.6 is 0 Å². The van der Waals surface area contributed by atoms with Crippen LogP contribution in [0.1, 0.15) is 31.0 Å². The van der Waals surface area contributed by atoms with E-state index in [1.165, 1.54) is 12.8 Å². The lowest BCUT2D eigenvalue weighted by Crippen LogP contribution is -2.37. The van der Waals surface area contributed by atoms with Crippen LogP contribution in [0.5, 0.6) is 0 Å². The highest BCUT2D eigenvalue weighted by Crippen LogP contribution is 2.38. The van der Waals surface area contributed by atoms with Gasteiger partial charge in [0.05, 0.1) is 13.2 Å². The van der Waals surface area contributed by atoms with E-state index in [2.05, 4.69) is 25.6 Å². The van der Waals surface area contributed by atoms with E-state index >= 15 is 0 Å². The highest BCUT2D eigenvalue weighted by atomic mass is 16.5. The summed E-state index contributed by atoms with van der Waals surface area (Å²) in [6, 6.07) is 1.86. The Bertz CT molecular complexity index is 459. The predicted octanol–water partition coefficient (Wildman–Crippen LogP) is 0.774. The molecule has 4 N–H and O–H groups in total. The van der Waals surface area contributed by atoms with Gasteiger partial charge in [-0.3, -0.25) is 4.90 Å². The zero-order chi connectivity index (χ0) is 14.5. The molecular formula is C14H24N6O. The minimum atomic E-state index is 0.521. The third-order valence-corrected chi connectivity index (χ3v) is 3.89. The third-order valence-electron chi connectivity index (χ3n) is 3.89. The van der Waals surface area contributed by atoms with Crippen LogP contribution in [0.2, 0.25) is 0 Å². The van der Waals surface area contributed by atoms with Crippen molar-refractivity contribution in [3.05, 3.63) is 11.9 Å². The molecule has 1 saturated heterocycles. The van der Waals surface area contributed by atoms with Gasteiger partial charge in [-0.15, -0.1) is 0 Å². The quantitative estimate of drug-likeness (QED) is 0.389. The van der Waals surface area contributed by atoms with E-state index in [9.17, 15) is 0 Å². The standard InChI is InChI=1S/C14H24N6O/c15-19-13-10-12(17-14(18-13)11-2-3-11)16-4-1-5-20-6-8-21-9-7-20/h10-11H,1-9,15H2,(H2,16,17,18,19). The molecular weight excluding hydrogens is 268 g/mol. The molecule has 1 aliphatic carbocycles. The number of rotatable bonds is 7. The molecule has 2 fully saturated rings. The number of nitrogens with one attached hydrogen (secondary N) is 2. The van der Waals surface area contributed by atoms with Crippen molar-refractivity contribution in [2.24, 2.45) is 5.84 Å². The van der Waals surface area contributed by atoms with Crippen molar-refractivity contribution in [1.29, 1.82) is 0 Å². The first-order valence-corrected chi connectivity index (χ1v) is 7.75. The number of ether oxygens (including phenoxy) is 1. The summed E-state index contributed by atoms with van der Waals surface area (Å²) in [5.74, 6) is 8.44. The van der Waals surface area contributed by atoms with Crippen LogP contribution in [-0.4, -0.2) is 54.3 Å². The number of nitrogens with zero attached hydrogens (tertiary/aromatic N) is 3. The van der Waals surface area contributed by atoms with Crippen LogP contribution in [0, 0.1) is 0 Å². The van der Waals surface area contributed by atoms with Gasteiger partial charge in [0, 0.05) is 31.6 Å². The smallest absolute Gasteiger partial charge is 0.145 e. The summed E-state index contributed by atoms with van der Waals surface area (Å²) >= 11 is 0. The molecule has 3 rings (SSSR count). The van der Waals surface area contributed by atoms with Gasteiger partial charge in [0.25, 0.3) is 0 Å². The Morgan fingerprint density at radius 3 is 2.71 bits per heavy atom. The molecule has 0 amide bonds. The van der Waals surface area contributed by atoms with Crippen molar-refractivity contribution in [3.63, 3.8) is 0 Å². The maximum atomic E-state index is 5.47. The van der Waals surface area contributed by atoms with Gasteiger partial charge in [-0.2, -0.15) is 0 Å². The fourth-order valence-corrected chi connectivity index (χ4v) is 2.50. The van der Waals surface area contributed by atoms with E-state index in [-0.39, 0.29) is 0 Å². The van der Waals surface area contributed by atoms with Gasteiger partial charge in [-0.05, 0) is 25.8 Å². The number of aromatic nitrogens is 2. The topological polar surface area (TPSA) is 88.3 Å². The minimum Gasteiger partial charge on any atom is -0.379 e. The maximum Gasteiger partial charge on any atom is 0.145 e. The van der Waals surface area contributed by atoms with Gasteiger partial charge in [0.2, 0.25) is 0 Å². The van der Waals surface area contributed by atoms with Gasteiger partial charge < -0.3 is 15.5 Å². The summed E-state index contributed by atoms with van der Waals surface area (Å²) in [5.41, 5.74) is 2.62. The van der Waals surface area contributed by atoms with Gasteiger partial charge in [0.1, 0.15) is 17.5 Å². The van der Waals surface area contributed by atoms with Crippen LogP contribution in [-0.2, 0) is 4.74 Å². The number of hydrogen-bond acceptors (Lipinski definition) is 7. The zero-order valence-electron chi connectivity index (χ0n) is 12.3. The van der Waals surface area contributed by atoms with Crippen molar-refractivity contribution >= 4 is 11.6 Å². The fraction of sp³-hybridized carbons (Fsp3) is 0.714. The molecule has 7 nitrogen and oxygen atoms in total. The Hall–Kier alpha value is -1.44. The zero-order valence-corrected chi connectivity index (χ0v) is 12.3. The van der Waals surface area contributed by atoms with E-state index in [1.807, 2.05) is 6.07 Å². The Kier molecular flexibility index (Phi) is 4.84. The van der Waals surface area contributed by atoms with Crippen LogP contribution < -0.4 is 16.6 Å². The van der Waals surface area contributed by atoms with Crippen molar-refractivity contribution in [2.75, 3.05) is 50.1 Å². The van der Waals surface area contributed by atoms with Gasteiger partial charge in [0.15, 0.2) is 0 Å². The van der Waals surface area contributed by atoms with E-state index in [0.29, 0.717) is 11.7 Å². The van der Waals surface area contributed by atoms with Crippen LogP contribution in [0.25, 0.3) is 0 Å². The average Bonchev–Trinajstić information content (AvgIpc) is 3.37. The highest BCUT2D eigenvalue weighted by molar-refractivity contribution is 5.47. The molecule has 0 unspecified atom stereocenters. The first kappa shape index (κ1) is 14.5. The summed E-state index contributed by atoms with van der Waals surface area (Å²) in [7, 11) is 0. The molecule has 1 aromatic rings. The second kappa shape index (κ2) is 7.02. The molecule has 1 saturated carbocycles. The number of morpholine rings is 1. The van der Waals surface area contributed by atoms with Crippen LogP contribution in [0.3, 0.4) is 0 Å². The predicted molar refractivity (Wildman–Crippen MR) is 82.2 cm³/mol. The van der Waals surface area contributed by atoms with Crippen molar-refractivity contribution in [1.82, 2.24) is 14.9 Å². The van der Waals surface area contributed by atoms with Gasteiger partial charge in [-0.25, -0.2) is 15.8 Å². The largest absolute Gasteiger partial charge is 0.379 e. The summed E-state index contributed by atoms with van der Waals surface area (Å²) in [6.45, 7) is 5.80. The molecule has 7 heteroatoms. The molecule has 1 aliphatic heterocycles. The Labute approximate surface area is 125 Å². The van der Waals surface area contributed by atoms with Crippen molar-refractivity contribution in [2.45, 2.75) is 25.2 Å². The summed E-state index contributed by atoms with van der Waals surface area (Å²) in [6.07, 6.45) is 3.46. The van der Waals surface area contributed by atoms with Gasteiger partial charge in [-0.1, -0.05) is 0 Å². The first-order chi connectivity index (χ1) is 10.3. The molecule has 0 bridgehead atoms. The SMILES string of the molecule is NNc1cc(NCCCN2CCOCC2)nc(C2CC2)n1. The Balaban J connectivity index is 1.46. The molecule has 0 radical (unpaired) electrons. The molecule has 0 aromatic carbocycles.